The van der Waals surface area contributed by atoms with Crippen molar-refractivity contribution in [2.75, 3.05) is 19.0 Å². The van der Waals surface area contributed by atoms with E-state index < -0.39 is 12.7 Å². The summed E-state index contributed by atoms with van der Waals surface area (Å²) in [6.07, 6.45) is 4.57. The highest BCUT2D eigenvalue weighted by Crippen LogP contribution is 2.38. The second-order valence-corrected chi connectivity index (χ2v) is 10.4. The molecule has 1 N–H and O–H groups in total. The number of benzene rings is 1. The largest absolute Gasteiger partial charge is 0.495 e. The quantitative estimate of drug-likeness (QED) is 0.233. The molecule has 0 amide bonds. The number of hydrogen-bond donors (Lipinski definition) is 1. The van der Waals surface area contributed by atoms with Crippen molar-refractivity contribution < 1.29 is 18.3 Å². The van der Waals surface area contributed by atoms with Gasteiger partial charge in [0.1, 0.15) is 17.5 Å². The third-order valence-corrected chi connectivity index (χ3v) is 7.56. The standard InChI is InChI=1S/C30H32F2N8O2/c1-17-18(2)35-21(14-34-17)12-20-13-23(37-22-9-8-19(11-25(22)41-4)24-15-33-16-39(24)3)27-29(36-20)40(30(38-27)28(31)32)26-7-5-6-10-42-26/h8-9,11,13-16,26,28H,5-7,10,12H2,1-4H3,(H,36,37). The molecule has 1 aliphatic heterocycles. The number of methoxy groups -OCH3 is 1. The van der Waals surface area contributed by atoms with Crippen molar-refractivity contribution in [1.82, 2.24) is 34.1 Å². The number of anilines is 2. The van der Waals surface area contributed by atoms with Gasteiger partial charge in [0.15, 0.2) is 11.5 Å². The first kappa shape index (κ1) is 27.7. The molecule has 0 aliphatic carbocycles. The van der Waals surface area contributed by atoms with Crippen LogP contribution in [0.4, 0.5) is 20.2 Å². The van der Waals surface area contributed by atoms with Crippen LogP contribution in [0.2, 0.25) is 0 Å². The molecule has 1 fully saturated rings. The number of imidazole rings is 2. The predicted molar refractivity (Wildman–Crippen MR) is 154 cm³/mol. The minimum absolute atomic E-state index is 0.326. The molecule has 1 unspecified atom stereocenters. The first-order valence-electron chi connectivity index (χ1n) is 13.8. The molecule has 1 atom stereocenters. The molecule has 1 aromatic carbocycles. The van der Waals surface area contributed by atoms with E-state index >= 15 is 0 Å². The smallest absolute Gasteiger partial charge is 0.295 e. The van der Waals surface area contributed by atoms with Gasteiger partial charge in [-0.15, -0.1) is 0 Å². The Bertz CT molecular complexity index is 1740. The van der Waals surface area contributed by atoms with Crippen molar-refractivity contribution in [2.45, 2.75) is 52.2 Å². The van der Waals surface area contributed by atoms with E-state index in [4.69, 9.17) is 14.5 Å². The second-order valence-electron chi connectivity index (χ2n) is 10.4. The van der Waals surface area contributed by atoms with Crippen LogP contribution in [0, 0.1) is 13.8 Å². The maximum Gasteiger partial charge on any atom is 0.295 e. The third kappa shape index (κ3) is 5.29. The van der Waals surface area contributed by atoms with Crippen molar-refractivity contribution in [1.29, 1.82) is 0 Å². The minimum Gasteiger partial charge on any atom is -0.495 e. The van der Waals surface area contributed by atoms with Crippen LogP contribution in [0.5, 0.6) is 5.75 Å². The Balaban J connectivity index is 1.48. The van der Waals surface area contributed by atoms with E-state index in [0.29, 0.717) is 53.4 Å². The van der Waals surface area contributed by atoms with Crippen LogP contribution in [0.3, 0.4) is 0 Å². The van der Waals surface area contributed by atoms with Gasteiger partial charge in [-0.2, -0.15) is 0 Å². The lowest BCUT2D eigenvalue weighted by Gasteiger charge is -2.25. The van der Waals surface area contributed by atoms with Crippen LogP contribution >= 0.6 is 0 Å². The molecule has 5 aromatic rings. The number of aryl methyl sites for hydroxylation is 3. The first-order valence-corrected chi connectivity index (χ1v) is 13.8. The van der Waals surface area contributed by atoms with Gasteiger partial charge in [0.25, 0.3) is 6.43 Å². The number of pyridine rings is 1. The van der Waals surface area contributed by atoms with Gasteiger partial charge in [0.2, 0.25) is 0 Å². The molecule has 0 saturated carbocycles. The van der Waals surface area contributed by atoms with Crippen LogP contribution in [-0.2, 0) is 18.2 Å². The zero-order valence-electron chi connectivity index (χ0n) is 23.9. The fraction of sp³-hybridized carbons (Fsp3) is 0.367. The summed E-state index contributed by atoms with van der Waals surface area (Å²) in [4.78, 5) is 22.6. The summed E-state index contributed by atoms with van der Waals surface area (Å²) in [5, 5.41) is 3.40. The van der Waals surface area contributed by atoms with Crippen molar-refractivity contribution in [2.24, 2.45) is 7.05 Å². The molecular weight excluding hydrogens is 542 g/mol. The third-order valence-electron chi connectivity index (χ3n) is 7.56. The number of nitrogens with zero attached hydrogens (tertiary/aromatic N) is 7. The molecular formula is C30H32F2N8O2. The van der Waals surface area contributed by atoms with Crippen LogP contribution in [-0.4, -0.2) is 47.8 Å². The molecule has 0 spiro atoms. The molecule has 10 nitrogen and oxygen atoms in total. The van der Waals surface area contributed by atoms with E-state index in [-0.39, 0.29) is 5.82 Å². The van der Waals surface area contributed by atoms with E-state index in [1.807, 2.05) is 49.7 Å². The van der Waals surface area contributed by atoms with Gasteiger partial charge in [-0.1, -0.05) is 6.07 Å². The average Bonchev–Trinajstić information content (AvgIpc) is 3.59. The van der Waals surface area contributed by atoms with Crippen LogP contribution < -0.4 is 10.1 Å². The summed E-state index contributed by atoms with van der Waals surface area (Å²) in [5.41, 5.74) is 6.71. The van der Waals surface area contributed by atoms with E-state index in [2.05, 4.69) is 25.3 Å². The van der Waals surface area contributed by atoms with Crippen molar-refractivity contribution in [3.63, 3.8) is 0 Å². The van der Waals surface area contributed by atoms with Gasteiger partial charge in [-0.25, -0.2) is 23.7 Å². The molecule has 12 heteroatoms. The van der Waals surface area contributed by atoms with Crippen molar-refractivity contribution >= 4 is 22.5 Å². The zero-order chi connectivity index (χ0) is 29.4. The normalized spacial score (nSPS) is 15.5. The predicted octanol–water partition coefficient (Wildman–Crippen LogP) is 6.22. The summed E-state index contributed by atoms with van der Waals surface area (Å²) >= 11 is 0. The summed E-state index contributed by atoms with van der Waals surface area (Å²) in [7, 11) is 3.51. The summed E-state index contributed by atoms with van der Waals surface area (Å²) in [6.45, 7) is 4.30. The molecule has 6 rings (SSSR count). The van der Waals surface area contributed by atoms with Gasteiger partial charge < -0.3 is 19.4 Å². The second kappa shape index (κ2) is 11.4. The summed E-state index contributed by atoms with van der Waals surface area (Å²) in [5.74, 6) is 0.207. The van der Waals surface area contributed by atoms with Gasteiger partial charge in [0.05, 0.1) is 59.5 Å². The molecule has 0 radical (unpaired) electrons. The van der Waals surface area contributed by atoms with E-state index in [1.165, 1.54) is 4.57 Å². The number of rotatable bonds is 8. The Hall–Kier alpha value is -4.45. The Morgan fingerprint density at radius 3 is 2.60 bits per heavy atom. The van der Waals surface area contributed by atoms with E-state index in [9.17, 15) is 8.78 Å². The number of halogens is 2. The van der Waals surface area contributed by atoms with Crippen molar-refractivity contribution in [3.05, 3.63) is 71.6 Å². The lowest BCUT2D eigenvalue weighted by atomic mass is 10.1. The SMILES string of the molecule is COc1cc(-c2cncn2C)ccc1Nc1cc(Cc2cnc(C)c(C)n2)nc2c1nc(C(F)F)n2C1CCCCO1. The zero-order valence-corrected chi connectivity index (χ0v) is 23.9. The van der Waals surface area contributed by atoms with Crippen molar-refractivity contribution in [3.8, 4) is 17.0 Å². The number of aromatic nitrogens is 7. The molecule has 1 saturated heterocycles. The molecule has 218 valence electrons. The minimum atomic E-state index is -2.81. The van der Waals surface area contributed by atoms with Crippen LogP contribution in [0.15, 0.2) is 43.0 Å². The number of nitrogens with one attached hydrogen (secondary N) is 1. The van der Waals surface area contributed by atoms with Gasteiger partial charge in [-0.05, 0) is 51.3 Å². The number of alkyl halides is 2. The Kier molecular flexibility index (Phi) is 7.55. The summed E-state index contributed by atoms with van der Waals surface area (Å²) in [6, 6.07) is 7.56. The van der Waals surface area contributed by atoms with Crippen LogP contribution in [0.1, 0.15) is 60.5 Å². The molecule has 42 heavy (non-hydrogen) atoms. The Morgan fingerprint density at radius 2 is 1.90 bits per heavy atom. The maximum absolute atomic E-state index is 14.4. The Morgan fingerprint density at radius 1 is 1.05 bits per heavy atom. The van der Waals surface area contributed by atoms with Gasteiger partial charge in [-0.3, -0.25) is 14.5 Å². The average molecular weight is 575 g/mol. The lowest BCUT2D eigenvalue weighted by Crippen LogP contribution is -2.20. The van der Waals surface area contributed by atoms with E-state index in [1.54, 1.807) is 25.8 Å². The van der Waals surface area contributed by atoms with Gasteiger partial charge in [0, 0.05) is 31.8 Å². The lowest BCUT2D eigenvalue weighted by molar-refractivity contribution is -0.0363. The summed E-state index contributed by atoms with van der Waals surface area (Å²) < 4.78 is 43.9. The van der Waals surface area contributed by atoms with Gasteiger partial charge >= 0.3 is 0 Å². The highest BCUT2D eigenvalue weighted by molar-refractivity contribution is 5.90. The molecule has 1 aliphatic rings. The highest BCUT2D eigenvalue weighted by atomic mass is 19.3. The monoisotopic (exact) mass is 574 g/mol. The molecule has 4 aromatic heterocycles. The van der Waals surface area contributed by atoms with Crippen LogP contribution in [0.25, 0.3) is 22.4 Å². The maximum atomic E-state index is 14.4. The number of hydrogen-bond acceptors (Lipinski definition) is 8. The number of fused-ring (bicyclic) bond motifs is 1. The topological polar surface area (TPSA) is 105 Å². The van der Waals surface area contributed by atoms with E-state index in [0.717, 1.165) is 41.2 Å². The molecule has 5 heterocycles. The molecule has 0 bridgehead atoms. The first-order chi connectivity index (χ1) is 20.3. The fourth-order valence-electron chi connectivity index (χ4n) is 5.28. The Labute approximate surface area is 241 Å². The highest BCUT2D eigenvalue weighted by Gasteiger charge is 2.29. The fourth-order valence-corrected chi connectivity index (χ4v) is 5.28. The number of ether oxygens (including phenoxy) is 2.